The summed E-state index contributed by atoms with van der Waals surface area (Å²) in [5, 5.41) is 9.44. The molecule has 1 aromatic carbocycles. The summed E-state index contributed by atoms with van der Waals surface area (Å²) in [6.07, 6.45) is 1.04. The van der Waals surface area contributed by atoms with Crippen LogP contribution in [0.2, 0.25) is 0 Å². The second-order valence-electron chi connectivity index (χ2n) is 3.50. The fourth-order valence-electron chi connectivity index (χ4n) is 1.18. The lowest BCUT2D eigenvalue weighted by molar-refractivity contribution is 0.0924. The summed E-state index contributed by atoms with van der Waals surface area (Å²) in [7, 11) is 1.44. The molecule has 1 N–H and O–H groups in total. The number of phenolic OH excluding ortho intramolecular Hbond substituents is 1. The van der Waals surface area contributed by atoms with E-state index in [2.05, 4.69) is 0 Å². The average Bonchev–Trinajstić information content (AvgIpc) is 3.01. The molecule has 16 heavy (non-hydrogen) atoms. The van der Waals surface area contributed by atoms with Gasteiger partial charge in [-0.15, -0.1) is 0 Å². The van der Waals surface area contributed by atoms with E-state index in [1.807, 2.05) is 0 Å². The van der Waals surface area contributed by atoms with Crippen LogP contribution in [0.1, 0.15) is 12.8 Å². The molecule has 0 heterocycles. The molecule has 86 valence electrons. The van der Waals surface area contributed by atoms with E-state index in [0.29, 0.717) is 5.75 Å². The van der Waals surface area contributed by atoms with Crippen LogP contribution in [0.25, 0.3) is 0 Å². The third-order valence-corrected chi connectivity index (χ3v) is 2.14. The van der Waals surface area contributed by atoms with Crippen molar-refractivity contribution >= 4 is 6.16 Å². The molecule has 0 saturated heterocycles. The predicted molar refractivity (Wildman–Crippen MR) is 54.8 cm³/mol. The summed E-state index contributed by atoms with van der Waals surface area (Å²) in [5.41, 5.74) is 0. The molecule has 0 bridgehead atoms. The van der Waals surface area contributed by atoms with E-state index in [0.717, 1.165) is 12.8 Å². The van der Waals surface area contributed by atoms with Crippen LogP contribution in [-0.4, -0.2) is 24.5 Å². The van der Waals surface area contributed by atoms with Crippen molar-refractivity contribution in [2.24, 2.45) is 0 Å². The Balaban J connectivity index is 1.97. The highest BCUT2D eigenvalue weighted by atomic mass is 16.7. The summed E-state index contributed by atoms with van der Waals surface area (Å²) in [6, 6.07) is 4.33. The summed E-state index contributed by atoms with van der Waals surface area (Å²) in [6.45, 7) is 0. The van der Waals surface area contributed by atoms with E-state index >= 15 is 0 Å². The lowest BCUT2D eigenvalue weighted by Crippen LogP contribution is -2.11. The minimum atomic E-state index is -0.743. The van der Waals surface area contributed by atoms with Crippen molar-refractivity contribution in [3.8, 4) is 17.2 Å². The fourth-order valence-corrected chi connectivity index (χ4v) is 1.18. The van der Waals surface area contributed by atoms with Gasteiger partial charge in [0.15, 0.2) is 11.5 Å². The Bertz CT molecular complexity index is 397. The molecule has 0 unspecified atom stereocenters. The molecule has 0 aliphatic heterocycles. The number of aromatic hydroxyl groups is 1. The topological polar surface area (TPSA) is 65.0 Å². The number of hydrogen-bond donors (Lipinski definition) is 1. The largest absolute Gasteiger partial charge is 0.514 e. The van der Waals surface area contributed by atoms with Gasteiger partial charge in [-0.05, 0) is 25.0 Å². The minimum absolute atomic E-state index is 0.000606. The van der Waals surface area contributed by atoms with Gasteiger partial charge in [-0.3, -0.25) is 0 Å². The maximum absolute atomic E-state index is 11.2. The molecule has 5 heteroatoms. The standard InChI is InChI=1S/C11H12O5/c1-14-10-5-4-8(6-9(10)12)16-11(13)15-7-2-3-7/h4-7,12H,2-3H2,1H3. The smallest absolute Gasteiger partial charge is 0.504 e. The van der Waals surface area contributed by atoms with Gasteiger partial charge in [0.2, 0.25) is 0 Å². The van der Waals surface area contributed by atoms with Crippen molar-refractivity contribution in [3.63, 3.8) is 0 Å². The molecule has 0 radical (unpaired) electrons. The lowest BCUT2D eigenvalue weighted by atomic mass is 10.3. The third kappa shape index (κ3) is 2.56. The predicted octanol–water partition coefficient (Wildman–Crippen LogP) is 2.08. The molecule has 2 rings (SSSR count). The van der Waals surface area contributed by atoms with Crippen molar-refractivity contribution in [3.05, 3.63) is 18.2 Å². The third-order valence-electron chi connectivity index (χ3n) is 2.14. The zero-order valence-corrected chi connectivity index (χ0v) is 8.80. The number of carbonyl (C=O) groups is 1. The number of methoxy groups -OCH3 is 1. The molecule has 0 aromatic heterocycles. The van der Waals surface area contributed by atoms with E-state index in [9.17, 15) is 9.90 Å². The van der Waals surface area contributed by atoms with Crippen LogP contribution in [-0.2, 0) is 4.74 Å². The molecular weight excluding hydrogens is 212 g/mol. The van der Waals surface area contributed by atoms with Crippen molar-refractivity contribution in [1.29, 1.82) is 0 Å². The highest BCUT2D eigenvalue weighted by Gasteiger charge is 2.27. The first kappa shape index (κ1) is 10.6. The Labute approximate surface area is 92.5 Å². The minimum Gasteiger partial charge on any atom is -0.504 e. The van der Waals surface area contributed by atoms with E-state index in [1.165, 1.54) is 25.3 Å². The number of rotatable bonds is 3. The molecule has 0 amide bonds. The second-order valence-corrected chi connectivity index (χ2v) is 3.50. The first-order chi connectivity index (χ1) is 7.69. The normalized spacial score (nSPS) is 14.3. The maximum atomic E-state index is 11.2. The SMILES string of the molecule is COc1ccc(OC(=O)OC2CC2)cc1O. The fraction of sp³-hybridized carbons (Fsp3) is 0.364. The molecular formula is C11H12O5. The second kappa shape index (κ2) is 4.30. The van der Waals surface area contributed by atoms with Crippen LogP contribution in [0.3, 0.4) is 0 Å². The Morgan fingerprint density at radius 1 is 1.44 bits per heavy atom. The maximum Gasteiger partial charge on any atom is 0.514 e. The van der Waals surface area contributed by atoms with Gasteiger partial charge >= 0.3 is 6.16 Å². The highest BCUT2D eigenvalue weighted by molar-refractivity contribution is 5.65. The van der Waals surface area contributed by atoms with Gasteiger partial charge in [0.05, 0.1) is 7.11 Å². The molecule has 0 spiro atoms. The summed E-state index contributed by atoms with van der Waals surface area (Å²) in [5.74, 6) is 0.464. The van der Waals surface area contributed by atoms with Gasteiger partial charge in [0.25, 0.3) is 0 Å². The van der Waals surface area contributed by atoms with Crippen molar-refractivity contribution in [2.75, 3.05) is 7.11 Å². The van der Waals surface area contributed by atoms with Gasteiger partial charge in [0, 0.05) is 6.07 Å². The quantitative estimate of drug-likeness (QED) is 0.629. The number of benzene rings is 1. The monoisotopic (exact) mass is 224 g/mol. The number of phenols is 1. The van der Waals surface area contributed by atoms with Gasteiger partial charge in [-0.25, -0.2) is 4.79 Å². The van der Waals surface area contributed by atoms with Crippen molar-refractivity contribution < 1.29 is 24.1 Å². The van der Waals surface area contributed by atoms with Gasteiger partial charge in [-0.2, -0.15) is 0 Å². The summed E-state index contributed by atoms with van der Waals surface area (Å²) < 4.78 is 14.6. The van der Waals surface area contributed by atoms with Gasteiger partial charge in [-0.1, -0.05) is 0 Å². The molecule has 1 aromatic rings. The van der Waals surface area contributed by atoms with Crippen LogP contribution in [0.4, 0.5) is 4.79 Å². The highest BCUT2D eigenvalue weighted by Crippen LogP contribution is 2.30. The van der Waals surface area contributed by atoms with Crippen LogP contribution in [0.5, 0.6) is 17.2 Å². The van der Waals surface area contributed by atoms with Gasteiger partial charge in [0.1, 0.15) is 11.9 Å². The molecule has 1 saturated carbocycles. The average molecular weight is 224 g/mol. The van der Waals surface area contributed by atoms with Gasteiger partial charge < -0.3 is 19.3 Å². The lowest BCUT2D eigenvalue weighted by Gasteiger charge is -2.07. The van der Waals surface area contributed by atoms with Crippen LogP contribution in [0, 0.1) is 0 Å². The van der Waals surface area contributed by atoms with E-state index in [4.69, 9.17) is 14.2 Å². The van der Waals surface area contributed by atoms with Crippen molar-refractivity contribution in [1.82, 2.24) is 0 Å². The Hall–Kier alpha value is -1.91. The summed E-state index contributed by atoms with van der Waals surface area (Å²) >= 11 is 0. The number of hydrogen-bond acceptors (Lipinski definition) is 5. The first-order valence-corrected chi connectivity index (χ1v) is 4.94. The van der Waals surface area contributed by atoms with E-state index in [1.54, 1.807) is 0 Å². The molecule has 0 atom stereocenters. The molecule has 5 nitrogen and oxygen atoms in total. The Morgan fingerprint density at radius 2 is 2.19 bits per heavy atom. The molecule has 1 aliphatic rings. The van der Waals surface area contributed by atoms with E-state index < -0.39 is 6.16 Å². The van der Waals surface area contributed by atoms with Crippen LogP contribution in [0.15, 0.2) is 18.2 Å². The van der Waals surface area contributed by atoms with Crippen molar-refractivity contribution in [2.45, 2.75) is 18.9 Å². The van der Waals surface area contributed by atoms with Crippen LogP contribution < -0.4 is 9.47 Å². The molecule has 1 aliphatic carbocycles. The first-order valence-electron chi connectivity index (χ1n) is 4.94. The Morgan fingerprint density at radius 3 is 2.75 bits per heavy atom. The van der Waals surface area contributed by atoms with Crippen LogP contribution >= 0.6 is 0 Å². The van der Waals surface area contributed by atoms with E-state index in [-0.39, 0.29) is 17.6 Å². The zero-order valence-electron chi connectivity index (χ0n) is 8.80. The number of ether oxygens (including phenoxy) is 3. The summed E-state index contributed by atoms with van der Waals surface area (Å²) in [4.78, 5) is 11.2. The number of carbonyl (C=O) groups excluding carboxylic acids is 1. The zero-order chi connectivity index (χ0) is 11.5. The Kier molecular flexibility index (Phi) is 2.85. The molecule has 1 fully saturated rings.